The maximum absolute atomic E-state index is 10.7. The fourth-order valence-corrected chi connectivity index (χ4v) is 2.61. The molecule has 0 saturated heterocycles. The number of hydrogen-bond acceptors (Lipinski definition) is 5. The van der Waals surface area contributed by atoms with Crippen molar-refractivity contribution in [3.8, 4) is 0 Å². The summed E-state index contributed by atoms with van der Waals surface area (Å²) in [5.74, 6) is -0.551. The van der Waals surface area contributed by atoms with E-state index in [1.165, 1.54) is 0 Å². The summed E-state index contributed by atoms with van der Waals surface area (Å²) in [7, 11) is -9.97. The average molecular weight is 285 g/mol. The molecular formula is C7H11NO7S2. The van der Waals surface area contributed by atoms with Crippen molar-refractivity contribution in [3.05, 3.63) is 24.8 Å². The molecule has 0 rings (SSSR count). The molecule has 0 fully saturated rings. The Morgan fingerprint density at radius 1 is 1.24 bits per heavy atom. The van der Waals surface area contributed by atoms with Crippen molar-refractivity contribution in [2.75, 3.05) is 6.54 Å². The highest BCUT2D eigenvalue weighted by molar-refractivity contribution is 8.04. The fraction of sp³-hybridized carbons (Fsp3) is 0.286. The lowest BCUT2D eigenvalue weighted by Crippen LogP contribution is -2.28. The van der Waals surface area contributed by atoms with Gasteiger partial charge >= 0.3 is 0 Å². The van der Waals surface area contributed by atoms with Crippen LogP contribution in [0.3, 0.4) is 0 Å². The Kier molecular flexibility index (Phi) is 5.48. The van der Waals surface area contributed by atoms with Crippen molar-refractivity contribution in [2.24, 2.45) is 0 Å². The summed E-state index contributed by atoms with van der Waals surface area (Å²) < 4.78 is 57.1. The Balaban J connectivity index is 4.76. The number of carbonyl (C=O) groups excluding carboxylic acids is 1. The summed E-state index contributed by atoms with van der Waals surface area (Å²) in [6.07, 6.45) is 2.44. The third-order valence-corrected chi connectivity index (χ3v) is 4.41. The lowest BCUT2D eigenvalue weighted by atomic mass is 10.5. The first-order valence-corrected chi connectivity index (χ1v) is 7.09. The van der Waals surface area contributed by atoms with Gasteiger partial charge in [-0.15, -0.1) is 0 Å². The van der Waals surface area contributed by atoms with E-state index in [2.05, 4.69) is 11.9 Å². The Morgan fingerprint density at radius 2 is 1.71 bits per heavy atom. The molecule has 0 spiro atoms. The number of nitrogens with one attached hydrogen (secondary N) is 1. The van der Waals surface area contributed by atoms with Crippen LogP contribution in [0.4, 0.5) is 0 Å². The van der Waals surface area contributed by atoms with Crippen LogP contribution in [0.1, 0.15) is 0 Å². The zero-order valence-electron chi connectivity index (χ0n) is 8.48. The molecule has 3 N–H and O–H groups in total. The molecule has 10 heteroatoms. The van der Waals surface area contributed by atoms with Crippen LogP contribution in [-0.2, 0) is 25.0 Å². The van der Waals surface area contributed by atoms with Gasteiger partial charge in [0.2, 0.25) is 10.5 Å². The second-order valence-corrected chi connectivity index (χ2v) is 6.15. The van der Waals surface area contributed by atoms with E-state index in [-0.39, 0.29) is 6.54 Å². The van der Waals surface area contributed by atoms with Crippen LogP contribution in [0.5, 0.6) is 0 Å². The van der Waals surface area contributed by atoms with E-state index in [9.17, 15) is 21.6 Å². The molecule has 0 radical (unpaired) electrons. The van der Waals surface area contributed by atoms with E-state index < -0.39 is 30.7 Å². The van der Waals surface area contributed by atoms with Crippen LogP contribution in [0.2, 0.25) is 0 Å². The highest BCUT2D eigenvalue weighted by Crippen LogP contribution is 2.07. The van der Waals surface area contributed by atoms with Gasteiger partial charge in [-0.05, 0) is 12.2 Å². The molecule has 0 aromatic carbocycles. The van der Waals surface area contributed by atoms with E-state index >= 15 is 0 Å². The summed E-state index contributed by atoms with van der Waals surface area (Å²) in [5, 5.41) is 2.19. The van der Waals surface area contributed by atoms with Crippen LogP contribution >= 0.6 is 0 Å². The minimum atomic E-state index is -4.99. The van der Waals surface area contributed by atoms with Crippen molar-refractivity contribution < 1.29 is 30.7 Å². The summed E-state index contributed by atoms with van der Waals surface area (Å²) in [6, 6.07) is 0. The Labute approximate surface area is 98.5 Å². The predicted molar refractivity (Wildman–Crippen MR) is 59.2 cm³/mol. The van der Waals surface area contributed by atoms with E-state index in [4.69, 9.17) is 9.11 Å². The third kappa shape index (κ3) is 6.16. The topological polar surface area (TPSA) is 138 Å². The van der Waals surface area contributed by atoms with Gasteiger partial charge in [0.15, 0.2) is 0 Å². The molecule has 0 aliphatic carbocycles. The van der Waals surface area contributed by atoms with Crippen LogP contribution in [-0.4, -0.2) is 43.0 Å². The van der Waals surface area contributed by atoms with Crippen molar-refractivity contribution in [3.63, 3.8) is 0 Å². The fourth-order valence-electron chi connectivity index (χ4n) is 0.763. The van der Waals surface area contributed by atoms with Gasteiger partial charge in [-0.3, -0.25) is 13.9 Å². The van der Waals surface area contributed by atoms with Crippen LogP contribution < -0.4 is 5.32 Å². The molecule has 0 heterocycles. The third-order valence-electron chi connectivity index (χ3n) is 1.46. The van der Waals surface area contributed by atoms with Gasteiger partial charge in [0, 0.05) is 6.54 Å². The molecule has 0 aliphatic heterocycles. The average Bonchev–Trinajstić information content (AvgIpc) is 2.12. The normalized spacial score (nSPS) is 12.9. The van der Waals surface area contributed by atoms with Crippen molar-refractivity contribution in [2.45, 2.75) is 4.58 Å². The first-order valence-electron chi connectivity index (χ1n) is 4.08. The van der Waals surface area contributed by atoms with E-state index in [0.29, 0.717) is 6.08 Å². The molecule has 0 atom stereocenters. The quantitative estimate of drug-likeness (QED) is 0.321. The highest BCUT2D eigenvalue weighted by Gasteiger charge is 2.32. The molecule has 0 bridgehead atoms. The number of amides is 1. The maximum atomic E-state index is 10.7. The summed E-state index contributed by atoms with van der Waals surface area (Å²) in [5.41, 5.74) is 0. The lowest BCUT2D eigenvalue weighted by Gasteiger charge is -2.05. The van der Waals surface area contributed by atoms with Gasteiger partial charge in [-0.2, -0.15) is 16.8 Å². The van der Waals surface area contributed by atoms with Gasteiger partial charge < -0.3 is 5.32 Å². The summed E-state index contributed by atoms with van der Waals surface area (Å²) in [4.78, 5) is 10.7. The van der Waals surface area contributed by atoms with Gasteiger partial charge in [0.05, 0.1) is 0 Å². The Hall–Kier alpha value is -1.23. The Bertz CT molecular complexity index is 484. The van der Waals surface area contributed by atoms with Crippen molar-refractivity contribution >= 4 is 26.1 Å². The summed E-state index contributed by atoms with van der Waals surface area (Å²) >= 11 is 0. The molecule has 17 heavy (non-hydrogen) atoms. The van der Waals surface area contributed by atoms with E-state index in [0.717, 1.165) is 12.2 Å². The Morgan fingerprint density at radius 3 is 2.06 bits per heavy atom. The standard InChI is InChI=1S/C7H11NO7S2/c1-2-6(9)8-5-3-4-7(16(10,11)12)17(13,14)15/h2-4,7H,1,5H2,(H,8,9)(H,10,11,12)(H,13,14,15). The van der Waals surface area contributed by atoms with Crippen molar-refractivity contribution in [1.29, 1.82) is 0 Å². The molecule has 0 unspecified atom stereocenters. The van der Waals surface area contributed by atoms with E-state index in [1.54, 1.807) is 0 Å². The van der Waals surface area contributed by atoms with Crippen LogP contribution in [0.15, 0.2) is 24.8 Å². The minimum absolute atomic E-state index is 0.188. The van der Waals surface area contributed by atoms with Crippen molar-refractivity contribution in [1.82, 2.24) is 5.32 Å². The molecule has 0 aromatic heterocycles. The van der Waals surface area contributed by atoms with Crippen LogP contribution in [0, 0.1) is 0 Å². The minimum Gasteiger partial charge on any atom is -0.349 e. The zero-order valence-corrected chi connectivity index (χ0v) is 10.1. The second kappa shape index (κ2) is 5.91. The number of carbonyl (C=O) groups is 1. The molecule has 0 aromatic rings. The lowest BCUT2D eigenvalue weighted by molar-refractivity contribution is -0.116. The smallest absolute Gasteiger partial charge is 0.288 e. The SMILES string of the molecule is C=CC(=O)NCC=CC(S(=O)(=O)O)S(=O)(=O)O. The predicted octanol–water partition coefficient (Wildman–Crippen LogP) is -1.05. The summed E-state index contributed by atoms with van der Waals surface area (Å²) in [6.45, 7) is 2.96. The second-order valence-electron chi connectivity index (χ2n) is 2.78. The van der Waals surface area contributed by atoms with Crippen LogP contribution in [0.25, 0.3) is 0 Å². The zero-order chi connectivity index (χ0) is 13.7. The molecule has 8 nitrogen and oxygen atoms in total. The van der Waals surface area contributed by atoms with Gasteiger partial charge in [-0.1, -0.05) is 12.7 Å². The molecule has 0 saturated carbocycles. The maximum Gasteiger partial charge on any atom is 0.288 e. The van der Waals surface area contributed by atoms with Gasteiger partial charge in [-0.25, -0.2) is 0 Å². The largest absolute Gasteiger partial charge is 0.349 e. The molecular weight excluding hydrogens is 274 g/mol. The number of rotatable bonds is 6. The molecule has 1 amide bonds. The molecule has 98 valence electrons. The highest BCUT2D eigenvalue weighted by atomic mass is 32.3. The number of hydrogen-bond donors (Lipinski definition) is 3. The first-order chi connectivity index (χ1) is 7.59. The molecule has 0 aliphatic rings. The first kappa shape index (κ1) is 15.8. The van der Waals surface area contributed by atoms with E-state index in [1.807, 2.05) is 0 Å². The monoisotopic (exact) mass is 285 g/mol. The van der Waals surface area contributed by atoms with Gasteiger partial charge in [0.25, 0.3) is 20.2 Å². The van der Waals surface area contributed by atoms with Gasteiger partial charge in [0.1, 0.15) is 0 Å².